The smallest absolute Gasteiger partial charge is 0.221 e. The molecule has 0 fully saturated rings. The topological polar surface area (TPSA) is 76.9 Å². The number of benzene rings is 2. The van der Waals surface area contributed by atoms with Crippen LogP contribution >= 0.6 is 11.8 Å². The molecule has 1 heterocycles. The molecule has 29 heavy (non-hydrogen) atoms. The fourth-order valence-corrected chi connectivity index (χ4v) is 3.87. The maximum absolute atomic E-state index is 12.9. The molecular weight excluding hydrogens is 384 g/mol. The molecule has 0 bridgehead atoms. The van der Waals surface area contributed by atoms with E-state index in [4.69, 9.17) is 0 Å². The first kappa shape index (κ1) is 20.8. The second kappa shape index (κ2) is 9.52. The third-order valence-corrected chi connectivity index (χ3v) is 5.50. The molecule has 0 unspecified atom stereocenters. The molecule has 0 aliphatic heterocycles. The second-order valence-corrected chi connectivity index (χ2v) is 7.57. The predicted octanol–water partition coefficient (Wildman–Crippen LogP) is 4.33. The number of rotatable bonds is 8. The summed E-state index contributed by atoms with van der Waals surface area (Å²) in [5.74, 6) is 0.236. The molecule has 3 rings (SSSR count). The minimum Gasteiger partial charge on any atom is -0.326 e. The summed E-state index contributed by atoms with van der Waals surface area (Å²) in [4.78, 5) is 24.2. The van der Waals surface area contributed by atoms with Gasteiger partial charge in [0.25, 0.3) is 0 Å². The molecule has 150 valence electrons. The van der Waals surface area contributed by atoms with Crippen LogP contribution < -0.4 is 5.32 Å². The first-order valence-corrected chi connectivity index (χ1v) is 10.6. The number of nitrogens with zero attached hydrogens (tertiary/aromatic N) is 3. The molecular formula is C22H24N4O2S. The van der Waals surface area contributed by atoms with Crippen molar-refractivity contribution < 1.29 is 9.59 Å². The highest BCUT2D eigenvalue weighted by molar-refractivity contribution is 7.99. The van der Waals surface area contributed by atoms with E-state index in [1.165, 1.54) is 18.7 Å². The van der Waals surface area contributed by atoms with E-state index in [2.05, 4.69) is 35.4 Å². The first-order chi connectivity index (χ1) is 14.0. The van der Waals surface area contributed by atoms with E-state index in [1.54, 1.807) is 6.33 Å². The van der Waals surface area contributed by atoms with Gasteiger partial charge in [0.15, 0.2) is 10.9 Å². The molecule has 1 N–H and O–H groups in total. The van der Waals surface area contributed by atoms with Crippen LogP contribution in [0.1, 0.15) is 42.3 Å². The number of hydrogen-bond acceptors (Lipinski definition) is 5. The first-order valence-electron chi connectivity index (χ1n) is 9.57. The van der Waals surface area contributed by atoms with E-state index in [0.29, 0.717) is 10.8 Å². The highest BCUT2D eigenvalue weighted by Crippen LogP contribution is 2.24. The Bertz CT molecular complexity index is 1030. The molecule has 0 atom stereocenters. The lowest BCUT2D eigenvalue weighted by atomic mass is 9.98. The number of aryl methyl sites for hydroxylation is 2. The largest absolute Gasteiger partial charge is 0.326 e. The van der Waals surface area contributed by atoms with Crippen molar-refractivity contribution in [1.29, 1.82) is 0 Å². The summed E-state index contributed by atoms with van der Waals surface area (Å²) in [6.45, 7) is 5.61. The third kappa shape index (κ3) is 5.12. The van der Waals surface area contributed by atoms with E-state index >= 15 is 0 Å². The van der Waals surface area contributed by atoms with Crippen LogP contribution in [0.5, 0.6) is 0 Å². The summed E-state index contributed by atoms with van der Waals surface area (Å²) in [7, 11) is 0. The van der Waals surface area contributed by atoms with Crippen molar-refractivity contribution in [3.8, 4) is 5.69 Å². The normalized spacial score (nSPS) is 10.7. The molecule has 1 aromatic heterocycles. The van der Waals surface area contributed by atoms with Gasteiger partial charge >= 0.3 is 0 Å². The summed E-state index contributed by atoms with van der Waals surface area (Å²) in [6.07, 6.45) is 3.33. The predicted molar refractivity (Wildman–Crippen MR) is 116 cm³/mol. The zero-order valence-corrected chi connectivity index (χ0v) is 17.6. The summed E-state index contributed by atoms with van der Waals surface area (Å²) >= 11 is 1.36. The van der Waals surface area contributed by atoms with E-state index < -0.39 is 0 Å². The number of ketones is 1. The number of aromatic nitrogens is 3. The lowest BCUT2D eigenvalue weighted by molar-refractivity contribution is -0.114. The SMILES string of the molecule is CCc1ccc(CC)c(C(=O)CSc2nncn2-c2cccc(NC(C)=O)c2)c1. The number of carbonyl (C=O) groups excluding carboxylic acids is 2. The number of nitrogens with one attached hydrogen (secondary N) is 1. The number of thioether (sulfide) groups is 1. The van der Waals surface area contributed by atoms with Crippen LogP contribution in [0.25, 0.3) is 5.69 Å². The highest BCUT2D eigenvalue weighted by atomic mass is 32.2. The molecule has 0 saturated heterocycles. The van der Waals surface area contributed by atoms with Crippen molar-refractivity contribution in [1.82, 2.24) is 14.8 Å². The lowest BCUT2D eigenvalue weighted by Gasteiger charge is -2.10. The Labute approximate surface area is 174 Å². The van der Waals surface area contributed by atoms with Crippen molar-refractivity contribution in [3.05, 3.63) is 65.5 Å². The Balaban J connectivity index is 1.78. The van der Waals surface area contributed by atoms with Crippen LogP contribution in [0, 0.1) is 0 Å². The molecule has 2 aromatic carbocycles. The summed E-state index contributed by atoms with van der Waals surface area (Å²) in [5, 5.41) is 11.6. The molecule has 7 heteroatoms. The number of anilines is 1. The van der Waals surface area contributed by atoms with Crippen molar-refractivity contribution in [3.63, 3.8) is 0 Å². The van der Waals surface area contributed by atoms with Crippen LogP contribution in [0.2, 0.25) is 0 Å². The van der Waals surface area contributed by atoms with E-state index in [0.717, 1.165) is 35.2 Å². The maximum Gasteiger partial charge on any atom is 0.221 e. The second-order valence-electron chi connectivity index (χ2n) is 6.63. The van der Waals surface area contributed by atoms with Gasteiger partial charge in [0.2, 0.25) is 5.91 Å². The number of amides is 1. The minimum absolute atomic E-state index is 0.0868. The molecule has 0 aliphatic carbocycles. The number of hydrogen-bond donors (Lipinski definition) is 1. The van der Waals surface area contributed by atoms with Crippen molar-refractivity contribution in [2.45, 2.75) is 38.8 Å². The van der Waals surface area contributed by atoms with Crippen LogP contribution in [0.15, 0.2) is 53.9 Å². The van der Waals surface area contributed by atoms with Gasteiger partial charge in [0, 0.05) is 18.2 Å². The molecule has 0 radical (unpaired) electrons. The van der Waals surface area contributed by atoms with Crippen molar-refractivity contribution in [2.75, 3.05) is 11.1 Å². The fourth-order valence-electron chi connectivity index (χ4n) is 3.06. The van der Waals surface area contributed by atoms with Gasteiger partial charge in [-0.05, 0) is 48.2 Å². The van der Waals surface area contributed by atoms with Crippen LogP contribution in [-0.2, 0) is 17.6 Å². The maximum atomic E-state index is 12.9. The standard InChI is InChI=1S/C22H24N4O2S/c1-4-16-9-10-17(5-2)20(11-16)21(28)13-29-22-25-23-14-26(22)19-8-6-7-18(12-19)24-15(3)27/h6-12,14H,4-5,13H2,1-3H3,(H,24,27). The van der Waals surface area contributed by atoms with Crippen molar-refractivity contribution in [2.24, 2.45) is 0 Å². The quantitative estimate of drug-likeness (QED) is 0.444. The van der Waals surface area contributed by atoms with E-state index in [1.807, 2.05) is 41.0 Å². The third-order valence-electron chi connectivity index (χ3n) is 4.56. The van der Waals surface area contributed by atoms with Crippen molar-refractivity contribution >= 4 is 29.1 Å². The van der Waals surface area contributed by atoms with Gasteiger partial charge in [0.05, 0.1) is 11.4 Å². The van der Waals surface area contributed by atoms with E-state index in [9.17, 15) is 9.59 Å². The number of carbonyl (C=O) groups is 2. The van der Waals surface area contributed by atoms with Gasteiger partial charge in [-0.1, -0.05) is 43.8 Å². The van der Waals surface area contributed by atoms with Gasteiger partial charge in [-0.25, -0.2) is 0 Å². The summed E-state index contributed by atoms with van der Waals surface area (Å²) < 4.78 is 1.81. The molecule has 3 aromatic rings. The molecule has 0 spiro atoms. The Morgan fingerprint density at radius 2 is 1.93 bits per heavy atom. The molecule has 1 amide bonds. The molecule has 0 aliphatic rings. The molecule has 0 saturated carbocycles. The zero-order valence-electron chi connectivity index (χ0n) is 16.8. The molecule has 6 nitrogen and oxygen atoms in total. The highest BCUT2D eigenvalue weighted by Gasteiger charge is 2.15. The monoisotopic (exact) mass is 408 g/mol. The van der Waals surface area contributed by atoms with Crippen LogP contribution in [0.3, 0.4) is 0 Å². The average Bonchev–Trinajstić information content (AvgIpc) is 3.20. The van der Waals surface area contributed by atoms with Crippen LogP contribution in [-0.4, -0.2) is 32.2 Å². The van der Waals surface area contributed by atoms with Gasteiger partial charge in [-0.2, -0.15) is 0 Å². The van der Waals surface area contributed by atoms with Gasteiger partial charge in [-0.15, -0.1) is 10.2 Å². The summed E-state index contributed by atoms with van der Waals surface area (Å²) in [5.41, 5.74) is 4.53. The van der Waals surface area contributed by atoms with Crippen LogP contribution in [0.4, 0.5) is 5.69 Å². The Morgan fingerprint density at radius 3 is 2.66 bits per heavy atom. The minimum atomic E-state index is -0.132. The lowest BCUT2D eigenvalue weighted by Crippen LogP contribution is -2.08. The van der Waals surface area contributed by atoms with Gasteiger partial charge in [-0.3, -0.25) is 14.2 Å². The van der Waals surface area contributed by atoms with E-state index in [-0.39, 0.29) is 17.4 Å². The van der Waals surface area contributed by atoms with Gasteiger partial charge < -0.3 is 5.32 Å². The zero-order chi connectivity index (χ0) is 20.8. The fraction of sp³-hybridized carbons (Fsp3) is 0.273. The van der Waals surface area contributed by atoms with Gasteiger partial charge in [0.1, 0.15) is 6.33 Å². The Hall–Kier alpha value is -2.93. The Kier molecular flexibility index (Phi) is 6.82. The summed E-state index contributed by atoms with van der Waals surface area (Å²) in [6, 6.07) is 13.6. The average molecular weight is 409 g/mol. The number of Topliss-reactive ketones (excluding diaryl/α,β-unsaturated/α-hetero) is 1. The Morgan fingerprint density at radius 1 is 1.10 bits per heavy atom.